The average molecular weight is 113 g/mol. The van der Waals surface area contributed by atoms with Gasteiger partial charge in [-0.1, -0.05) is 0 Å². The molecule has 1 aliphatic heterocycles. The number of hydrogen-bond donors (Lipinski definition) is 0. The van der Waals surface area contributed by atoms with Gasteiger partial charge in [0.1, 0.15) is 0 Å². The van der Waals surface area contributed by atoms with Crippen molar-refractivity contribution in [2.75, 3.05) is 0 Å². The van der Waals surface area contributed by atoms with Crippen molar-refractivity contribution < 1.29 is 9.53 Å². The smallest absolute Gasteiger partial charge is 0.305 e. The quantitative estimate of drug-likeness (QED) is 0.322. The molecule has 7 heavy (non-hydrogen) atoms. The first kappa shape index (κ1) is 4.84. The van der Waals surface area contributed by atoms with Crippen LogP contribution in [0.2, 0.25) is 0 Å². The summed E-state index contributed by atoms with van der Waals surface area (Å²) in [6, 6.07) is 0. The number of ether oxygens (including phenoxy) is 1. The Morgan fingerprint density at radius 3 is 2.71 bits per heavy atom. The Kier molecular flexibility index (Phi) is 1.14. The molecule has 3 radical (unpaired) electrons. The SMILES string of the molecule is O=C1CCC([Si])O1. The monoisotopic (exact) mass is 113 g/mol. The topological polar surface area (TPSA) is 26.3 Å². The van der Waals surface area contributed by atoms with Crippen molar-refractivity contribution in [3.63, 3.8) is 0 Å². The average Bonchev–Trinajstić information content (AvgIpc) is 1.87. The van der Waals surface area contributed by atoms with E-state index in [0.717, 1.165) is 6.42 Å². The minimum atomic E-state index is -0.0972. The zero-order valence-electron chi connectivity index (χ0n) is 3.81. The van der Waals surface area contributed by atoms with Gasteiger partial charge in [-0.25, -0.2) is 0 Å². The molecular formula is C4H5O2Si. The van der Waals surface area contributed by atoms with Gasteiger partial charge >= 0.3 is 5.97 Å². The van der Waals surface area contributed by atoms with Gasteiger partial charge < -0.3 is 4.74 Å². The minimum absolute atomic E-state index is 0.0208. The second-order valence-electron chi connectivity index (χ2n) is 1.52. The Balaban J connectivity index is 2.40. The molecule has 1 saturated heterocycles. The van der Waals surface area contributed by atoms with Crippen molar-refractivity contribution in [2.45, 2.75) is 18.6 Å². The summed E-state index contributed by atoms with van der Waals surface area (Å²) in [6.45, 7) is 0. The number of rotatable bonds is 0. The molecule has 1 unspecified atom stereocenters. The van der Waals surface area contributed by atoms with Crippen LogP contribution in [-0.2, 0) is 9.53 Å². The summed E-state index contributed by atoms with van der Waals surface area (Å²) in [4.78, 5) is 10.2. The summed E-state index contributed by atoms with van der Waals surface area (Å²) in [5.74, 6) is -0.0972. The lowest BCUT2D eigenvalue weighted by molar-refractivity contribution is -0.139. The van der Waals surface area contributed by atoms with Crippen LogP contribution in [0.1, 0.15) is 12.8 Å². The van der Waals surface area contributed by atoms with E-state index in [2.05, 4.69) is 15.0 Å². The van der Waals surface area contributed by atoms with Crippen LogP contribution in [0.25, 0.3) is 0 Å². The molecule has 0 aromatic heterocycles. The van der Waals surface area contributed by atoms with Gasteiger partial charge in [0.2, 0.25) is 0 Å². The van der Waals surface area contributed by atoms with E-state index < -0.39 is 0 Å². The molecular weight excluding hydrogens is 108 g/mol. The maximum atomic E-state index is 10.2. The molecule has 3 heteroatoms. The number of esters is 1. The number of hydrogen-bond acceptors (Lipinski definition) is 2. The highest BCUT2D eigenvalue weighted by Crippen LogP contribution is 2.08. The maximum absolute atomic E-state index is 10.2. The maximum Gasteiger partial charge on any atom is 0.305 e. The predicted molar refractivity (Wildman–Crippen MR) is 24.9 cm³/mol. The summed E-state index contributed by atoms with van der Waals surface area (Å²) in [7, 11) is 3.18. The highest BCUT2D eigenvalue weighted by Gasteiger charge is 2.17. The Hall–Kier alpha value is -0.313. The van der Waals surface area contributed by atoms with Crippen molar-refractivity contribution in [1.82, 2.24) is 0 Å². The molecule has 2 nitrogen and oxygen atoms in total. The van der Waals surface area contributed by atoms with Gasteiger partial charge in [0.25, 0.3) is 0 Å². The van der Waals surface area contributed by atoms with E-state index in [-0.39, 0.29) is 11.7 Å². The van der Waals surface area contributed by atoms with E-state index >= 15 is 0 Å². The molecule has 1 fully saturated rings. The highest BCUT2D eigenvalue weighted by atomic mass is 28.1. The summed E-state index contributed by atoms with van der Waals surface area (Å²) < 4.78 is 4.64. The number of carbonyl (C=O) groups excluding carboxylic acids is 1. The molecule has 1 atom stereocenters. The van der Waals surface area contributed by atoms with E-state index in [4.69, 9.17) is 0 Å². The largest absolute Gasteiger partial charge is 0.467 e. The van der Waals surface area contributed by atoms with Crippen molar-refractivity contribution in [2.24, 2.45) is 0 Å². The van der Waals surface area contributed by atoms with Gasteiger partial charge in [-0.2, -0.15) is 0 Å². The standard InChI is InChI=1S/C4H5O2Si/c5-3-1-2-4(7)6-3/h4H,1-2H2. The fourth-order valence-corrected chi connectivity index (χ4v) is 0.801. The Morgan fingerprint density at radius 1 is 1.86 bits per heavy atom. The minimum Gasteiger partial charge on any atom is -0.467 e. The third kappa shape index (κ3) is 1.02. The fourth-order valence-electron chi connectivity index (χ4n) is 0.525. The molecule has 0 aliphatic carbocycles. The van der Waals surface area contributed by atoms with Crippen LogP contribution in [0, 0.1) is 0 Å². The summed E-state index contributed by atoms with van der Waals surface area (Å²) in [6.07, 6.45) is 1.38. The first-order valence-electron chi connectivity index (χ1n) is 2.19. The lowest BCUT2D eigenvalue weighted by Gasteiger charge is -1.95. The molecule has 0 aromatic carbocycles. The fraction of sp³-hybridized carbons (Fsp3) is 0.750. The van der Waals surface area contributed by atoms with Gasteiger partial charge in [0.15, 0.2) is 0 Å². The Labute approximate surface area is 45.3 Å². The van der Waals surface area contributed by atoms with Gasteiger partial charge in [0.05, 0.1) is 16.0 Å². The summed E-state index contributed by atoms with van der Waals surface area (Å²) >= 11 is 0. The Bertz CT molecular complexity index is 91.7. The van der Waals surface area contributed by atoms with Crippen LogP contribution in [-0.4, -0.2) is 21.9 Å². The highest BCUT2D eigenvalue weighted by molar-refractivity contribution is 6.12. The van der Waals surface area contributed by atoms with Crippen LogP contribution < -0.4 is 0 Å². The van der Waals surface area contributed by atoms with Crippen LogP contribution in [0.5, 0.6) is 0 Å². The number of carbonyl (C=O) groups is 1. The van der Waals surface area contributed by atoms with E-state index in [1.54, 1.807) is 0 Å². The number of cyclic esters (lactones) is 1. The van der Waals surface area contributed by atoms with Crippen molar-refractivity contribution in [3.05, 3.63) is 0 Å². The molecule has 0 amide bonds. The van der Waals surface area contributed by atoms with E-state index in [9.17, 15) is 4.79 Å². The lowest BCUT2D eigenvalue weighted by atomic mass is 10.4. The van der Waals surface area contributed by atoms with E-state index in [1.807, 2.05) is 0 Å². The Morgan fingerprint density at radius 2 is 2.57 bits per heavy atom. The van der Waals surface area contributed by atoms with Crippen molar-refractivity contribution >= 4 is 16.2 Å². The van der Waals surface area contributed by atoms with Crippen molar-refractivity contribution in [3.8, 4) is 0 Å². The molecule has 0 aromatic rings. The lowest BCUT2D eigenvalue weighted by Crippen LogP contribution is -2.04. The van der Waals surface area contributed by atoms with E-state index in [1.165, 1.54) is 0 Å². The molecule has 1 heterocycles. The molecule has 0 N–H and O–H groups in total. The second-order valence-corrected chi connectivity index (χ2v) is 2.16. The third-order valence-corrected chi connectivity index (χ3v) is 1.29. The summed E-state index contributed by atoms with van der Waals surface area (Å²) in [5.41, 5.74) is -0.0208. The van der Waals surface area contributed by atoms with Gasteiger partial charge in [-0.15, -0.1) is 0 Å². The zero-order valence-corrected chi connectivity index (χ0v) is 4.81. The third-order valence-electron chi connectivity index (χ3n) is 0.884. The predicted octanol–water partition coefficient (Wildman–Crippen LogP) is -0.182. The molecule has 1 aliphatic rings. The van der Waals surface area contributed by atoms with Gasteiger partial charge in [-0.3, -0.25) is 4.79 Å². The second kappa shape index (κ2) is 1.66. The van der Waals surface area contributed by atoms with Crippen LogP contribution in [0.3, 0.4) is 0 Å². The first-order chi connectivity index (χ1) is 3.29. The van der Waals surface area contributed by atoms with Gasteiger partial charge in [0, 0.05) is 6.42 Å². The van der Waals surface area contributed by atoms with Crippen LogP contribution in [0.15, 0.2) is 0 Å². The first-order valence-corrected chi connectivity index (χ1v) is 2.77. The van der Waals surface area contributed by atoms with Crippen molar-refractivity contribution in [1.29, 1.82) is 0 Å². The molecule has 0 spiro atoms. The van der Waals surface area contributed by atoms with Crippen LogP contribution in [0.4, 0.5) is 0 Å². The molecule has 0 saturated carbocycles. The molecule has 0 bridgehead atoms. The molecule has 37 valence electrons. The molecule has 1 rings (SSSR count). The van der Waals surface area contributed by atoms with Gasteiger partial charge in [-0.05, 0) is 6.42 Å². The summed E-state index contributed by atoms with van der Waals surface area (Å²) in [5, 5.41) is 0. The zero-order chi connectivity index (χ0) is 5.28. The van der Waals surface area contributed by atoms with E-state index in [0.29, 0.717) is 6.42 Å². The normalized spacial score (nSPS) is 30.4. The van der Waals surface area contributed by atoms with Crippen LogP contribution >= 0.6 is 0 Å².